The molecule has 0 unspecified atom stereocenters. The number of rotatable bonds is 1. The molecular formula is C12H9Br. The molecule has 0 fully saturated rings. The molecule has 0 spiro atoms. The Morgan fingerprint density at radius 3 is 2.38 bits per heavy atom. The highest BCUT2D eigenvalue weighted by molar-refractivity contribution is 9.10. The van der Waals surface area contributed by atoms with E-state index < -0.39 is 0 Å². The molecule has 0 saturated heterocycles. The Kier molecular flexibility index (Phi) is 1.62. The topological polar surface area (TPSA) is 0 Å². The van der Waals surface area contributed by atoms with E-state index in [1.807, 2.05) is 6.07 Å². The average molecular weight is 236 g/mol. The molecule has 0 radical (unpaired) electrons. The minimum atomic E-state index is 0.296. The van der Waals surface area contributed by atoms with Gasteiger partial charge >= 0.3 is 0 Å². The van der Waals surface area contributed by atoms with Gasteiger partial charge in [-0.05, 0) is 23.3 Å². The van der Waals surface area contributed by atoms with Gasteiger partial charge < -0.3 is 0 Å². The van der Waals surface area contributed by atoms with Crippen molar-refractivity contribution in [3.05, 3.63) is 59.0 Å². The van der Waals surface area contributed by atoms with Gasteiger partial charge in [-0.1, -0.05) is 58.3 Å². The Balaban J connectivity index is 2.64. The SMILES string of the molecule is [2H]c1cccc(-c2c([2H])cc(Br)cc2[2H])c1. The fourth-order valence-corrected chi connectivity index (χ4v) is 1.31. The highest BCUT2D eigenvalue weighted by Crippen LogP contribution is 2.20. The van der Waals surface area contributed by atoms with Gasteiger partial charge in [0.2, 0.25) is 0 Å². The molecule has 64 valence electrons. The molecule has 2 rings (SSSR count). The lowest BCUT2D eigenvalue weighted by molar-refractivity contribution is 1.59. The van der Waals surface area contributed by atoms with Crippen LogP contribution < -0.4 is 0 Å². The Bertz CT molecular complexity index is 515. The first-order chi connectivity index (χ1) is 7.58. The highest BCUT2D eigenvalue weighted by atomic mass is 79.9. The van der Waals surface area contributed by atoms with Gasteiger partial charge in [-0.3, -0.25) is 0 Å². The summed E-state index contributed by atoms with van der Waals surface area (Å²) in [5, 5.41) is 0. The average Bonchev–Trinajstić information content (AvgIpc) is 2.15. The van der Waals surface area contributed by atoms with Crippen molar-refractivity contribution < 1.29 is 4.11 Å². The van der Waals surface area contributed by atoms with Crippen LogP contribution in [0.15, 0.2) is 59.0 Å². The second kappa shape index (κ2) is 3.75. The van der Waals surface area contributed by atoms with E-state index in [4.69, 9.17) is 4.11 Å². The third kappa shape index (κ3) is 1.99. The molecule has 0 amide bonds. The lowest BCUT2D eigenvalue weighted by Crippen LogP contribution is -1.75. The lowest BCUT2D eigenvalue weighted by atomic mass is 10.1. The molecule has 0 aromatic heterocycles. The van der Waals surface area contributed by atoms with Gasteiger partial charge in [0, 0.05) is 4.47 Å². The molecule has 2 aromatic carbocycles. The molecule has 0 aliphatic carbocycles. The van der Waals surface area contributed by atoms with Crippen molar-refractivity contribution in [3.63, 3.8) is 0 Å². The zero-order valence-corrected chi connectivity index (χ0v) is 8.43. The Labute approximate surface area is 90.6 Å². The summed E-state index contributed by atoms with van der Waals surface area (Å²) >= 11 is 3.26. The minimum Gasteiger partial charge on any atom is -0.0622 e. The standard InChI is InChI=1S/C12H9Br/c13-12-8-6-11(7-9-12)10-4-2-1-3-5-10/h1-9H/i2D,6D,7D. The second-order valence-corrected chi connectivity index (χ2v) is 3.55. The zero-order valence-electron chi connectivity index (χ0n) is 9.84. The maximum atomic E-state index is 7.85. The number of hydrogen-bond acceptors (Lipinski definition) is 0. The molecule has 1 heteroatoms. The predicted octanol–water partition coefficient (Wildman–Crippen LogP) is 4.12. The van der Waals surface area contributed by atoms with Crippen LogP contribution >= 0.6 is 15.9 Å². The van der Waals surface area contributed by atoms with E-state index >= 15 is 0 Å². The van der Waals surface area contributed by atoms with E-state index in [2.05, 4.69) is 15.9 Å². The summed E-state index contributed by atoms with van der Waals surface area (Å²) < 4.78 is 24.0. The van der Waals surface area contributed by atoms with E-state index in [9.17, 15) is 0 Å². The zero-order chi connectivity index (χ0) is 11.7. The maximum absolute atomic E-state index is 7.85. The first-order valence-electron chi connectivity index (χ1n) is 5.42. The van der Waals surface area contributed by atoms with Crippen molar-refractivity contribution >= 4 is 15.9 Å². The van der Waals surface area contributed by atoms with Crippen LogP contribution in [0.1, 0.15) is 4.11 Å². The number of halogens is 1. The van der Waals surface area contributed by atoms with Crippen molar-refractivity contribution in [2.45, 2.75) is 0 Å². The smallest absolute Gasteiger partial charge is 0.0622 e. The summed E-state index contributed by atoms with van der Waals surface area (Å²) in [5.74, 6) is 0. The Hall–Kier alpha value is -1.08. The first kappa shape index (κ1) is 5.61. The summed E-state index contributed by atoms with van der Waals surface area (Å²) in [6, 6.07) is 11.2. The van der Waals surface area contributed by atoms with Crippen LogP contribution in [0.5, 0.6) is 0 Å². The summed E-state index contributed by atoms with van der Waals surface area (Å²) in [7, 11) is 0. The van der Waals surface area contributed by atoms with Crippen molar-refractivity contribution in [2.75, 3.05) is 0 Å². The highest BCUT2D eigenvalue weighted by Gasteiger charge is 1.94. The van der Waals surface area contributed by atoms with E-state index in [0.717, 1.165) is 10.0 Å². The van der Waals surface area contributed by atoms with Gasteiger partial charge in [-0.15, -0.1) is 0 Å². The van der Waals surface area contributed by atoms with Crippen LogP contribution in [0.4, 0.5) is 0 Å². The van der Waals surface area contributed by atoms with Crippen LogP contribution in [0, 0.1) is 0 Å². The van der Waals surface area contributed by atoms with E-state index in [1.54, 1.807) is 30.3 Å². The lowest BCUT2D eigenvalue weighted by Gasteiger charge is -2.00. The van der Waals surface area contributed by atoms with Gasteiger partial charge in [0.25, 0.3) is 0 Å². The molecular weight excluding hydrogens is 224 g/mol. The molecule has 0 aliphatic rings. The van der Waals surface area contributed by atoms with Crippen molar-refractivity contribution in [1.29, 1.82) is 0 Å². The molecule has 0 atom stereocenters. The Morgan fingerprint density at radius 2 is 1.69 bits per heavy atom. The van der Waals surface area contributed by atoms with Crippen LogP contribution in [0.3, 0.4) is 0 Å². The maximum Gasteiger partial charge on any atom is 0.0630 e. The second-order valence-electron chi connectivity index (χ2n) is 2.63. The summed E-state index contributed by atoms with van der Waals surface area (Å²) in [5.41, 5.74) is 1.31. The van der Waals surface area contributed by atoms with Gasteiger partial charge in [0.15, 0.2) is 0 Å². The van der Waals surface area contributed by atoms with Crippen LogP contribution in [-0.2, 0) is 0 Å². The van der Waals surface area contributed by atoms with E-state index in [-0.39, 0.29) is 0 Å². The van der Waals surface area contributed by atoms with E-state index in [0.29, 0.717) is 23.7 Å². The third-order valence-corrected chi connectivity index (χ3v) is 2.16. The van der Waals surface area contributed by atoms with Crippen LogP contribution in [0.2, 0.25) is 0 Å². The van der Waals surface area contributed by atoms with Crippen LogP contribution in [0.25, 0.3) is 11.1 Å². The van der Waals surface area contributed by atoms with Crippen LogP contribution in [-0.4, -0.2) is 0 Å². The fourth-order valence-electron chi connectivity index (χ4n) is 1.08. The molecule has 0 bridgehead atoms. The number of hydrogen-bond donors (Lipinski definition) is 0. The Morgan fingerprint density at radius 1 is 0.923 bits per heavy atom. The fraction of sp³-hybridized carbons (Fsp3) is 0. The van der Waals surface area contributed by atoms with E-state index in [1.165, 1.54) is 0 Å². The van der Waals surface area contributed by atoms with Crippen molar-refractivity contribution in [3.8, 4) is 11.1 Å². The first-order valence-corrected chi connectivity index (χ1v) is 4.71. The van der Waals surface area contributed by atoms with Gasteiger partial charge in [-0.2, -0.15) is 0 Å². The third-order valence-electron chi connectivity index (χ3n) is 1.70. The van der Waals surface area contributed by atoms with Gasteiger partial charge in [-0.25, -0.2) is 0 Å². The minimum absolute atomic E-state index is 0.296. The quantitative estimate of drug-likeness (QED) is 0.698. The molecule has 0 saturated carbocycles. The monoisotopic (exact) mass is 235 g/mol. The molecule has 2 aromatic rings. The molecule has 0 N–H and O–H groups in total. The molecule has 0 aliphatic heterocycles. The largest absolute Gasteiger partial charge is 0.0630 e. The molecule has 0 nitrogen and oxygen atoms in total. The normalized spacial score (nSPS) is 13.2. The summed E-state index contributed by atoms with van der Waals surface area (Å²) in [4.78, 5) is 0. The molecule has 0 heterocycles. The van der Waals surface area contributed by atoms with Crippen molar-refractivity contribution in [2.24, 2.45) is 0 Å². The number of benzene rings is 2. The van der Waals surface area contributed by atoms with Gasteiger partial charge in [0.05, 0.1) is 4.11 Å². The van der Waals surface area contributed by atoms with Crippen molar-refractivity contribution in [1.82, 2.24) is 0 Å². The summed E-state index contributed by atoms with van der Waals surface area (Å²) in [6.07, 6.45) is 0. The predicted molar refractivity (Wildman–Crippen MR) is 59.6 cm³/mol. The van der Waals surface area contributed by atoms with Gasteiger partial charge in [0.1, 0.15) is 0 Å². The summed E-state index contributed by atoms with van der Waals surface area (Å²) in [6.45, 7) is 0. The molecule has 13 heavy (non-hydrogen) atoms.